The fraction of sp³-hybridized carbons (Fsp3) is 0.176. The minimum absolute atomic E-state index is 0.380. The van der Waals surface area contributed by atoms with E-state index in [0.29, 0.717) is 0 Å². The van der Waals surface area contributed by atoms with Gasteiger partial charge in [0.15, 0.2) is 11.6 Å². The molecule has 0 saturated heterocycles. The van der Waals surface area contributed by atoms with E-state index >= 15 is 0 Å². The van der Waals surface area contributed by atoms with Crippen LogP contribution in [0.5, 0.6) is 0 Å². The van der Waals surface area contributed by atoms with E-state index in [0.717, 1.165) is 6.42 Å². The van der Waals surface area contributed by atoms with Crippen molar-refractivity contribution in [2.75, 3.05) is 0 Å². The Morgan fingerprint density at radius 3 is 1.47 bits per heavy atom. The lowest BCUT2D eigenvalue weighted by molar-refractivity contribution is -0.134. The quantitative estimate of drug-likeness (QED) is 0.622. The van der Waals surface area contributed by atoms with E-state index in [4.69, 9.17) is 0 Å². The molecule has 1 aliphatic carbocycles. The van der Waals surface area contributed by atoms with Crippen molar-refractivity contribution < 1.29 is 9.59 Å². The molecule has 2 heteroatoms. The second-order valence-electron chi connectivity index (χ2n) is 4.60. The molecule has 0 bridgehead atoms. The first-order valence-corrected chi connectivity index (χ1v) is 6.27. The fourth-order valence-electron chi connectivity index (χ4n) is 2.08. The Labute approximate surface area is 113 Å². The topological polar surface area (TPSA) is 34.1 Å². The fourth-order valence-corrected chi connectivity index (χ4v) is 2.08. The summed E-state index contributed by atoms with van der Waals surface area (Å²) < 4.78 is 0. The highest BCUT2D eigenvalue weighted by molar-refractivity contribution is 6.35. The summed E-state index contributed by atoms with van der Waals surface area (Å²) in [4.78, 5) is 19.6. The zero-order valence-corrected chi connectivity index (χ0v) is 11.1. The average Bonchev–Trinajstić information content (AvgIpc) is 2.78. The number of hydrogen-bond acceptors (Lipinski definition) is 2. The predicted molar refractivity (Wildman–Crippen MR) is 76.0 cm³/mol. The van der Waals surface area contributed by atoms with Crippen LogP contribution >= 0.6 is 0 Å². The highest BCUT2D eigenvalue weighted by Crippen LogP contribution is 2.35. The van der Waals surface area contributed by atoms with Gasteiger partial charge in [0, 0.05) is 13.8 Å². The van der Waals surface area contributed by atoms with Gasteiger partial charge in [0.05, 0.1) is 0 Å². The third kappa shape index (κ3) is 2.97. The number of carbonyl (C=O) groups excluding carboxylic acids is 2. The second-order valence-corrected chi connectivity index (χ2v) is 4.60. The first-order chi connectivity index (χ1) is 9.09. The third-order valence-corrected chi connectivity index (χ3v) is 3.20. The Morgan fingerprint density at radius 1 is 0.737 bits per heavy atom. The lowest BCUT2D eigenvalue weighted by Crippen LogP contribution is -2.01. The first kappa shape index (κ1) is 13.2. The van der Waals surface area contributed by atoms with Crippen LogP contribution in [-0.4, -0.2) is 11.6 Å². The molecule has 1 aliphatic rings. The molecule has 0 heterocycles. The largest absolute Gasteiger partial charge is 0.291 e. The SMILES string of the molecule is CC(=O)C(C)=O.c1ccc2c(c1)Cc1ccccc1-2. The van der Waals surface area contributed by atoms with Crippen LogP contribution in [0.2, 0.25) is 0 Å². The smallest absolute Gasteiger partial charge is 0.195 e. The van der Waals surface area contributed by atoms with E-state index in [2.05, 4.69) is 48.5 Å². The normalized spacial score (nSPS) is 10.8. The lowest BCUT2D eigenvalue weighted by atomic mass is 10.1. The van der Waals surface area contributed by atoms with Gasteiger partial charge in [-0.15, -0.1) is 0 Å². The average molecular weight is 252 g/mol. The van der Waals surface area contributed by atoms with Crippen molar-refractivity contribution in [1.82, 2.24) is 0 Å². The van der Waals surface area contributed by atoms with Gasteiger partial charge >= 0.3 is 0 Å². The summed E-state index contributed by atoms with van der Waals surface area (Å²) in [6.07, 6.45) is 1.10. The number of benzene rings is 2. The zero-order chi connectivity index (χ0) is 13.8. The van der Waals surface area contributed by atoms with Gasteiger partial charge in [0.25, 0.3) is 0 Å². The third-order valence-electron chi connectivity index (χ3n) is 3.20. The summed E-state index contributed by atoms with van der Waals surface area (Å²) >= 11 is 0. The van der Waals surface area contributed by atoms with E-state index in [1.807, 2.05) is 0 Å². The molecule has 0 aromatic heterocycles. The Kier molecular flexibility index (Phi) is 3.91. The molecular formula is C17H16O2. The van der Waals surface area contributed by atoms with Gasteiger partial charge in [-0.3, -0.25) is 9.59 Å². The first-order valence-electron chi connectivity index (χ1n) is 6.27. The van der Waals surface area contributed by atoms with E-state index in [1.54, 1.807) is 0 Å². The number of fused-ring (bicyclic) bond motifs is 3. The Hall–Kier alpha value is -2.22. The molecule has 19 heavy (non-hydrogen) atoms. The van der Waals surface area contributed by atoms with Gasteiger partial charge in [-0.25, -0.2) is 0 Å². The van der Waals surface area contributed by atoms with Crippen molar-refractivity contribution in [3.05, 3.63) is 59.7 Å². The van der Waals surface area contributed by atoms with Crippen LogP contribution < -0.4 is 0 Å². The molecular weight excluding hydrogens is 236 g/mol. The van der Waals surface area contributed by atoms with Gasteiger partial charge in [0.2, 0.25) is 0 Å². The molecule has 0 radical (unpaired) electrons. The summed E-state index contributed by atoms with van der Waals surface area (Å²) in [7, 11) is 0. The minimum Gasteiger partial charge on any atom is -0.291 e. The van der Waals surface area contributed by atoms with Gasteiger partial charge in [-0.05, 0) is 28.7 Å². The molecule has 0 unspecified atom stereocenters. The standard InChI is InChI=1S/C13H10.C4H6O2/c1-3-7-12-10(5-1)9-11-6-2-4-8-13(11)12;1-3(5)4(2)6/h1-8H,9H2;1-2H3. The molecule has 0 N–H and O–H groups in total. The van der Waals surface area contributed by atoms with E-state index in [1.165, 1.54) is 36.1 Å². The van der Waals surface area contributed by atoms with Crippen LogP contribution in [0.25, 0.3) is 11.1 Å². The van der Waals surface area contributed by atoms with Gasteiger partial charge in [0.1, 0.15) is 0 Å². The van der Waals surface area contributed by atoms with Crippen LogP contribution in [-0.2, 0) is 16.0 Å². The molecule has 2 nitrogen and oxygen atoms in total. The Bertz CT molecular complexity index is 571. The number of rotatable bonds is 1. The maximum Gasteiger partial charge on any atom is 0.195 e. The molecule has 0 fully saturated rings. The molecule has 96 valence electrons. The van der Waals surface area contributed by atoms with Crippen molar-refractivity contribution in [3.8, 4) is 11.1 Å². The van der Waals surface area contributed by atoms with Crippen LogP contribution in [0.4, 0.5) is 0 Å². The van der Waals surface area contributed by atoms with Gasteiger partial charge in [-0.1, -0.05) is 48.5 Å². The van der Waals surface area contributed by atoms with Crippen molar-refractivity contribution >= 4 is 11.6 Å². The Morgan fingerprint density at radius 2 is 1.11 bits per heavy atom. The predicted octanol–water partition coefficient (Wildman–Crippen LogP) is 3.42. The molecule has 0 spiro atoms. The summed E-state index contributed by atoms with van der Waals surface area (Å²) in [5, 5.41) is 0. The van der Waals surface area contributed by atoms with E-state index < -0.39 is 0 Å². The molecule has 0 amide bonds. The van der Waals surface area contributed by atoms with E-state index in [-0.39, 0.29) is 11.6 Å². The zero-order valence-electron chi connectivity index (χ0n) is 11.1. The van der Waals surface area contributed by atoms with Crippen LogP contribution in [0.3, 0.4) is 0 Å². The van der Waals surface area contributed by atoms with E-state index in [9.17, 15) is 9.59 Å². The number of hydrogen-bond donors (Lipinski definition) is 0. The lowest BCUT2D eigenvalue weighted by Gasteiger charge is -1.98. The summed E-state index contributed by atoms with van der Waals surface area (Å²) in [6.45, 7) is 2.50. The van der Waals surface area contributed by atoms with Crippen molar-refractivity contribution in [1.29, 1.82) is 0 Å². The summed E-state index contributed by atoms with van der Waals surface area (Å²) in [5.41, 5.74) is 5.75. The molecule has 0 aliphatic heterocycles. The second kappa shape index (κ2) is 5.61. The van der Waals surface area contributed by atoms with Crippen LogP contribution in [0.1, 0.15) is 25.0 Å². The monoisotopic (exact) mass is 252 g/mol. The van der Waals surface area contributed by atoms with Gasteiger partial charge in [-0.2, -0.15) is 0 Å². The van der Waals surface area contributed by atoms with Crippen molar-refractivity contribution in [2.24, 2.45) is 0 Å². The molecule has 0 atom stereocenters. The maximum atomic E-state index is 9.79. The number of carbonyl (C=O) groups is 2. The highest BCUT2D eigenvalue weighted by atomic mass is 16.2. The van der Waals surface area contributed by atoms with Crippen LogP contribution in [0, 0.1) is 0 Å². The molecule has 3 rings (SSSR count). The number of ketones is 2. The molecule has 2 aromatic rings. The highest BCUT2D eigenvalue weighted by Gasteiger charge is 2.15. The summed E-state index contributed by atoms with van der Waals surface area (Å²) in [6, 6.07) is 17.3. The maximum absolute atomic E-state index is 9.79. The summed E-state index contributed by atoms with van der Waals surface area (Å²) in [5.74, 6) is -0.759. The van der Waals surface area contributed by atoms with Crippen molar-refractivity contribution in [3.63, 3.8) is 0 Å². The van der Waals surface area contributed by atoms with Gasteiger partial charge < -0.3 is 0 Å². The Balaban J connectivity index is 0.000000192. The van der Waals surface area contributed by atoms with Crippen LogP contribution in [0.15, 0.2) is 48.5 Å². The minimum atomic E-state index is -0.380. The molecule has 0 saturated carbocycles. The number of Topliss-reactive ketones (excluding diaryl/α,β-unsaturated/α-hetero) is 2. The molecule has 2 aromatic carbocycles. The van der Waals surface area contributed by atoms with Crippen molar-refractivity contribution in [2.45, 2.75) is 20.3 Å².